The van der Waals surface area contributed by atoms with Crippen molar-refractivity contribution >= 4 is 21.7 Å². The van der Waals surface area contributed by atoms with Gasteiger partial charge in [0.1, 0.15) is 0 Å². The quantitative estimate of drug-likeness (QED) is 0.937. The van der Waals surface area contributed by atoms with Crippen LogP contribution < -0.4 is 5.32 Å². The van der Waals surface area contributed by atoms with Crippen LogP contribution in [0.2, 0.25) is 0 Å². The summed E-state index contributed by atoms with van der Waals surface area (Å²) in [6.45, 7) is 1.25. The maximum atomic E-state index is 13.3. The molecule has 0 amide bonds. The van der Waals surface area contributed by atoms with Crippen LogP contribution in [0.25, 0.3) is 0 Å². The van der Waals surface area contributed by atoms with Crippen LogP contribution in [0, 0.1) is 5.82 Å². The van der Waals surface area contributed by atoms with E-state index in [9.17, 15) is 4.39 Å². The molecule has 0 spiro atoms. The summed E-state index contributed by atoms with van der Waals surface area (Å²) >= 11 is 3.15. The van der Waals surface area contributed by atoms with Gasteiger partial charge < -0.3 is 5.32 Å². The molecule has 84 valence electrons. The minimum absolute atomic E-state index is 0.260. The fraction of sp³-hybridized carbons (Fsp3) is 0.200. The van der Waals surface area contributed by atoms with E-state index in [2.05, 4.69) is 31.3 Å². The zero-order valence-electron chi connectivity index (χ0n) is 8.40. The van der Waals surface area contributed by atoms with E-state index in [1.807, 2.05) is 12.3 Å². The standard InChI is InChI=1S/C10H10BrFN4/c11-8-6-9(12)10(14-7-8)13-3-5-16-4-1-2-15-16/h1-2,4,6-7H,3,5H2,(H,13,14). The maximum Gasteiger partial charge on any atom is 0.166 e. The molecule has 6 heteroatoms. The highest BCUT2D eigenvalue weighted by Crippen LogP contribution is 2.15. The smallest absolute Gasteiger partial charge is 0.166 e. The Hall–Kier alpha value is -1.43. The van der Waals surface area contributed by atoms with Crippen molar-refractivity contribution in [1.82, 2.24) is 14.8 Å². The van der Waals surface area contributed by atoms with Gasteiger partial charge in [-0.1, -0.05) is 0 Å². The van der Waals surface area contributed by atoms with E-state index in [0.29, 0.717) is 17.6 Å². The van der Waals surface area contributed by atoms with Crippen molar-refractivity contribution in [2.24, 2.45) is 0 Å². The largest absolute Gasteiger partial charge is 0.366 e. The molecule has 2 rings (SSSR count). The number of hydrogen-bond donors (Lipinski definition) is 1. The van der Waals surface area contributed by atoms with Gasteiger partial charge in [-0.05, 0) is 28.1 Å². The number of hydrogen-bond acceptors (Lipinski definition) is 3. The van der Waals surface area contributed by atoms with Crippen LogP contribution in [0.4, 0.5) is 10.2 Å². The first-order valence-electron chi connectivity index (χ1n) is 4.78. The number of nitrogens with one attached hydrogen (secondary N) is 1. The Balaban J connectivity index is 1.90. The predicted molar refractivity (Wildman–Crippen MR) is 62.6 cm³/mol. The van der Waals surface area contributed by atoms with Gasteiger partial charge in [-0.25, -0.2) is 9.37 Å². The molecule has 0 aliphatic rings. The molecule has 2 aromatic rings. The minimum Gasteiger partial charge on any atom is -0.366 e. The summed E-state index contributed by atoms with van der Waals surface area (Å²) in [6.07, 6.45) is 5.12. The van der Waals surface area contributed by atoms with Gasteiger partial charge in [0, 0.05) is 29.6 Å². The number of pyridine rings is 1. The van der Waals surface area contributed by atoms with Crippen LogP contribution in [0.1, 0.15) is 0 Å². The third kappa shape index (κ3) is 2.79. The van der Waals surface area contributed by atoms with E-state index in [4.69, 9.17) is 0 Å². The summed E-state index contributed by atoms with van der Waals surface area (Å²) in [7, 11) is 0. The molecular weight excluding hydrogens is 275 g/mol. The normalized spacial score (nSPS) is 10.4. The molecule has 0 aliphatic heterocycles. The lowest BCUT2D eigenvalue weighted by atomic mass is 10.4. The maximum absolute atomic E-state index is 13.3. The van der Waals surface area contributed by atoms with E-state index in [1.54, 1.807) is 17.1 Å². The second-order valence-corrected chi connectivity index (χ2v) is 4.10. The lowest BCUT2D eigenvalue weighted by molar-refractivity contribution is 0.611. The highest BCUT2D eigenvalue weighted by atomic mass is 79.9. The Morgan fingerprint density at radius 1 is 1.50 bits per heavy atom. The Bertz CT molecular complexity index is 458. The fourth-order valence-electron chi connectivity index (χ4n) is 1.27. The first-order chi connectivity index (χ1) is 7.75. The average molecular weight is 285 g/mol. The van der Waals surface area contributed by atoms with Crippen molar-refractivity contribution in [3.05, 3.63) is 41.0 Å². The van der Waals surface area contributed by atoms with Gasteiger partial charge in [0.05, 0.1) is 6.54 Å². The molecule has 0 saturated carbocycles. The van der Waals surface area contributed by atoms with E-state index in [1.165, 1.54) is 6.07 Å². The van der Waals surface area contributed by atoms with Gasteiger partial charge in [0.2, 0.25) is 0 Å². The summed E-state index contributed by atoms with van der Waals surface area (Å²) < 4.78 is 15.7. The van der Waals surface area contributed by atoms with Crippen molar-refractivity contribution in [1.29, 1.82) is 0 Å². The predicted octanol–water partition coefficient (Wildman–Crippen LogP) is 2.29. The SMILES string of the molecule is Fc1cc(Br)cnc1NCCn1cccn1. The molecule has 16 heavy (non-hydrogen) atoms. The van der Waals surface area contributed by atoms with Crippen molar-refractivity contribution in [2.45, 2.75) is 6.54 Å². The zero-order chi connectivity index (χ0) is 11.4. The zero-order valence-corrected chi connectivity index (χ0v) is 9.98. The molecule has 0 atom stereocenters. The monoisotopic (exact) mass is 284 g/mol. The molecule has 1 N–H and O–H groups in total. The van der Waals surface area contributed by atoms with Crippen LogP contribution in [0.15, 0.2) is 35.2 Å². The fourth-order valence-corrected chi connectivity index (χ4v) is 1.57. The molecule has 0 radical (unpaired) electrons. The molecule has 0 aromatic carbocycles. The molecular formula is C10H10BrFN4. The highest BCUT2D eigenvalue weighted by molar-refractivity contribution is 9.10. The Morgan fingerprint density at radius 3 is 3.06 bits per heavy atom. The molecule has 0 unspecified atom stereocenters. The highest BCUT2D eigenvalue weighted by Gasteiger charge is 2.03. The van der Waals surface area contributed by atoms with Crippen molar-refractivity contribution in [3.8, 4) is 0 Å². The molecule has 2 heterocycles. The lowest BCUT2D eigenvalue weighted by Crippen LogP contribution is -2.12. The third-order valence-corrected chi connectivity index (χ3v) is 2.43. The Labute approximate surface area is 101 Å². The van der Waals surface area contributed by atoms with Crippen LogP contribution in [-0.4, -0.2) is 21.3 Å². The summed E-state index contributed by atoms with van der Waals surface area (Å²) in [4.78, 5) is 3.93. The molecule has 0 saturated heterocycles. The summed E-state index contributed by atoms with van der Waals surface area (Å²) in [5, 5.41) is 6.95. The van der Waals surface area contributed by atoms with Gasteiger partial charge in [-0.2, -0.15) is 5.10 Å². The average Bonchev–Trinajstić information content (AvgIpc) is 2.74. The molecule has 0 bridgehead atoms. The number of rotatable bonds is 4. The molecule has 0 fully saturated rings. The number of aromatic nitrogens is 3. The first kappa shape index (κ1) is 11.1. The van der Waals surface area contributed by atoms with E-state index >= 15 is 0 Å². The van der Waals surface area contributed by atoms with E-state index in [-0.39, 0.29) is 11.6 Å². The van der Waals surface area contributed by atoms with Crippen LogP contribution in [-0.2, 0) is 6.54 Å². The Morgan fingerprint density at radius 2 is 2.38 bits per heavy atom. The topological polar surface area (TPSA) is 42.7 Å². The van der Waals surface area contributed by atoms with Gasteiger partial charge in [-0.15, -0.1) is 0 Å². The molecule has 0 aliphatic carbocycles. The van der Waals surface area contributed by atoms with E-state index < -0.39 is 0 Å². The van der Waals surface area contributed by atoms with Crippen molar-refractivity contribution < 1.29 is 4.39 Å². The van der Waals surface area contributed by atoms with E-state index in [0.717, 1.165) is 0 Å². The van der Waals surface area contributed by atoms with Gasteiger partial charge in [0.15, 0.2) is 11.6 Å². The number of anilines is 1. The summed E-state index contributed by atoms with van der Waals surface area (Å²) in [5.41, 5.74) is 0. The second kappa shape index (κ2) is 5.07. The van der Waals surface area contributed by atoms with Crippen molar-refractivity contribution in [3.63, 3.8) is 0 Å². The number of nitrogens with zero attached hydrogens (tertiary/aromatic N) is 3. The first-order valence-corrected chi connectivity index (χ1v) is 5.57. The van der Waals surface area contributed by atoms with Crippen molar-refractivity contribution in [2.75, 3.05) is 11.9 Å². The Kier molecular flexibility index (Phi) is 3.51. The minimum atomic E-state index is -0.366. The third-order valence-electron chi connectivity index (χ3n) is 2.00. The number of halogens is 2. The van der Waals surface area contributed by atoms with Gasteiger partial charge >= 0.3 is 0 Å². The van der Waals surface area contributed by atoms with Gasteiger partial charge in [-0.3, -0.25) is 4.68 Å². The second-order valence-electron chi connectivity index (χ2n) is 3.18. The summed E-state index contributed by atoms with van der Waals surface area (Å²) in [6, 6.07) is 3.22. The van der Waals surface area contributed by atoms with Crippen LogP contribution in [0.3, 0.4) is 0 Å². The van der Waals surface area contributed by atoms with Gasteiger partial charge in [0.25, 0.3) is 0 Å². The molecule has 2 aromatic heterocycles. The van der Waals surface area contributed by atoms with Crippen LogP contribution >= 0.6 is 15.9 Å². The molecule has 4 nitrogen and oxygen atoms in total. The van der Waals surface area contributed by atoms with Crippen LogP contribution in [0.5, 0.6) is 0 Å². The lowest BCUT2D eigenvalue weighted by Gasteiger charge is -2.06. The summed E-state index contributed by atoms with van der Waals surface area (Å²) in [5.74, 6) is -0.106.